The summed E-state index contributed by atoms with van der Waals surface area (Å²) >= 11 is 0. The molecule has 0 amide bonds. The molecule has 0 aromatic carbocycles. The Balaban J connectivity index is 1.47. The molecule has 0 saturated carbocycles. The summed E-state index contributed by atoms with van der Waals surface area (Å²) < 4.78 is 5.51. The SMILES string of the molecule is N#Cc1ccc(Nc2cccc([C@H]3CCCN3Cc3ccc(B(O)O)o3)n2)cn1. The summed E-state index contributed by atoms with van der Waals surface area (Å²) in [7, 11) is -1.60. The monoisotopic (exact) mass is 389 g/mol. The lowest BCUT2D eigenvalue weighted by Gasteiger charge is -2.23. The lowest BCUT2D eigenvalue weighted by molar-refractivity contribution is 0.225. The van der Waals surface area contributed by atoms with Gasteiger partial charge in [0.2, 0.25) is 0 Å². The second-order valence-electron chi connectivity index (χ2n) is 6.92. The van der Waals surface area contributed by atoms with E-state index in [-0.39, 0.29) is 11.7 Å². The Morgan fingerprint density at radius 1 is 1.24 bits per heavy atom. The quantitative estimate of drug-likeness (QED) is 0.546. The smallest absolute Gasteiger partial charge is 0.468 e. The van der Waals surface area contributed by atoms with Crippen LogP contribution in [0.3, 0.4) is 0 Å². The van der Waals surface area contributed by atoms with Gasteiger partial charge in [0.15, 0.2) is 0 Å². The van der Waals surface area contributed by atoms with Gasteiger partial charge in [0, 0.05) is 0 Å². The predicted molar refractivity (Wildman–Crippen MR) is 107 cm³/mol. The molecule has 1 fully saturated rings. The molecule has 1 saturated heterocycles. The molecular weight excluding hydrogens is 369 g/mol. The van der Waals surface area contributed by atoms with Crippen molar-refractivity contribution in [3.63, 3.8) is 0 Å². The highest BCUT2D eigenvalue weighted by Gasteiger charge is 2.28. The van der Waals surface area contributed by atoms with Gasteiger partial charge < -0.3 is 19.8 Å². The minimum atomic E-state index is -1.60. The predicted octanol–water partition coefficient (Wildman–Crippen LogP) is 1.70. The zero-order valence-electron chi connectivity index (χ0n) is 15.7. The molecule has 0 spiro atoms. The molecule has 0 radical (unpaired) electrons. The van der Waals surface area contributed by atoms with Crippen LogP contribution < -0.4 is 11.0 Å². The van der Waals surface area contributed by atoms with Crippen molar-refractivity contribution in [3.8, 4) is 6.07 Å². The van der Waals surface area contributed by atoms with Gasteiger partial charge in [-0.2, -0.15) is 5.26 Å². The van der Waals surface area contributed by atoms with E-state index in [0.717, 1.165) is 30.8 Å². The third kappa shape index (κ3) is 4.46. The highest BCUT2D eigenvalue weighted by molar-refractivity contribution is 6.56. The van der Waals surface area contributed by atoms with E-state index in [1.54, 1.807) is 30.5 Å². The maximum Gasteiger partial charge on any atom is 0.526 e. The zero-order valence-corrected chi connectivity index (χ0v) is 15.7. The van der Waals surface area contributed by atoms with Gasteiger partial charge >= 0.3 is 7.12 Å². The highest BCUT2D eigenvalue weighted by Crippen LogP contribution is 2.32. The van der Waals surface area contributed by atoms with Crippen molar-refractivity contribution in [1.29, 1.82) is 5.26 Å². The van der Waals surface area contributed by atoms with E-state index in [9.17, 15) is 10.0 Å². The van der Waals surface area contributed by atoms with Crippen LogP contribution in [0.4, 0.5) is 11.5 Å². The summed E-state index contributed by atoms with van der Waals surface area (Å²) in [5, 5.41) is 30.5. The average molecular weight is 389 g/mol. The summed E-state index contributed by atoms with van der Waals surface area (Å²) in [5.41, 5.74) is 2.25. The largest absolute Gasteiger partial charge is 0.526 e. The first-order valence-corrected chi connectivity index (χ1v) is 9.41. The van der Waals surface area contributed by atoms with Crippen molar-refractivity contribution in [2.24, 2.45) is 0 Å². The van der Waals surface area contributed by atoms with Gasteiger partial charge in [0.05, 0.1) is 30.2 Å². The van der Waals surface area contributed by atoms with E-state index in [2.05, 4.69) is 15.2 Å². The second kappa shape index (κ2) is 8.45. The number of likely N-dealkylation sites (tertiary alicyclic amines) is 1. The second-order valence-corrected chi connectivity index (χ2v) is 6.92. The molecule has 146 valence electrons. The van der Waals surface area contributed by atoms with Gasteiger partial charge in [-0.15, -0.1) is 0 Å². The number of hydrogen-bond donors (Lipinski definition) is 3. The highest BCUT2D eigenvalue weighted by atomic mass is 16.4. The lowest BCUT2D eigenvalue weighted by Crippen LogP contribution is -2.28. The van der Waals surface area contributed by atoms with Crippen molar-refractivity contribution in [2.75, 3.05) is 11.9 Å². The average Bonchev–Trinajstić information content (AvgIpc) is 3.39. The summed E-state index contributed by atoms with van der Waals surface area (Å²) in [5.74, 6) is 1.41. The van der Waals surface area contributed by atoms with E-state index < -0.39 is 7.12 Å². The molecule has 0 aliphatic carbocycles. The molecule has 1 aliphatic rings. The number of nitriles is 1. The number of rotatable bonds is 6. The summed E-state index contributed by atoms with van der Waals surface area (Å²) in [4.78, 5) is 11.1. The van der Waals surface area contributed by atoms with E-state index in [1.807, 2.05) is 24.3 Å². The minimum Gasteiger partial charge on any atom is -0.468 e. The molecule has 3 N–H and O–H groups in total. The topological polar surface area (TPSA) is 118 Å². The number of furan rings is 1. The van der Waals surface area contributed by atoms with E-state index >= 15 is 0 Å². The van der Waals surface area contributed by atoms with Crippen LogP contribution in [-0.4, -0.2) is 38.6 Å². The van der Waals surface area contributed by atoms with Crippen LogP contribution >= 0.6 is 0 Å². The third-order valence-electron chi connectivity index (χ3n) is 4.92. The Morgan fingerprint density at radius 2 is 2.14 bits per heavy atom. The standard InChI is InChI=1S/C20H20BN5O3/c22-11-14-6-7-15(12-23-14)24-20-5-1-3-17(25-20)18-4-2-10-26(18)13-16-8-9-19(29-16)21(27)28/h1,3,5-9,12,18,27-28H,2,4,10,13H2,(H,24,25)/t18-/m1/s1. The minimum absolute atomic E-state index is 0.149. The Bertz CT molecular complexity index is 1020. The molecule has 1 aliphatic heterocycles. The van der Waals surface area contributed by atoms with Crippen molar-refractivity contribution in [3.05, 3.63) is 65.8 Å². The van der Waals surface area contributed by atoms with Crippen LogP contribution in [0, 0.1) is 11.3 Å². The number of nitrogens with zero attached hydrogens (tertiary/aromatic N) is 4. The van der Waals surface area contributed by atoms with Crippen LogP contribution in [0.25, 0.3) is 0 Å². The fraction of sp³-hybridized carbons (Fsp3) is 0.250. The fourth-order valence-corrected chi connectivity index (χ4v) is 3.56. The van der Waals surface area contributed by atoms with Crippen molar-refractivity contribution in [2.45, 2.75) is 25.4 Å². The summed E-state index contributed by atoms with van der Waals surface area (Å²) in [6.45, 7) is 1.50. The van der Waals surface area contributed by atoms with Crippen LogP contribution in [0.5, 0.6) is 0 Å². The van der Waals surface area contributed by atoms with Crippen LogP contribution in [0.2, 0.25) is 0 Å². The van der Waals surface area contributed by atoms with Crippen molar-refractivity contribution < 1.29 is 14.5 Å². The molecular formula is C20H20BN5O3. The molecule has 3 aromatic rings. The van der Waals surface area contributed by atoms with Gasteiger partial charge in [0.25, 0.3) is 0 Å². The van der Waals surface area contributed by atoms with Gasteiger partial charge in [-0.05, 0) is 55.8 Å². The van der Waals surface area contributed by atoms with E-state index in [0.29, 0.717) is 23.8 Å². The Hall–Kier alpha value is -3.19. The summed E-state index contributed by atoms with van der Waals surface area (Å²) in [6, 6.07) is 14.8. The summed E-state index contributed by atoms with van der Waals surface area (Å²) in [6.07, 6.45) is 3.66. The lowest BCUT2D eigenvalue weighted by atomic mass is 9.88. The van der Waals surface area contributed by atoms with Gasteiger partial charge in [-0.25, -0.2) is 9.97 Å². The third-order valence-corrected chi connectivity index (χ3v) is 4.92. The number of anilines is 2. The van der Waals surface area contributed by atoms with E-state index in [1.165, 1.54) is 0 Å². The number of aromatic nitrogens is 2. The normalized spacial score (nSPS) is 16.5. The van der Waals surface area contributed by atoms with E-state index in [4.69, 9.17) is 14.7 Å². The molecule has 8 nitrogen and oxygen atoms in total. The fourth-order valence-electron chi connectivity index (χ4n) is 3.56. The Kier molecular flexibility index (Phi) is 5.58. The van der Waals surface area contributed by atoms with Gasteiger partial charge in [0.1, 0.15) is 29.0 Å². The first kappa shape index (κ1) is 19.1. The molecule has 9 heteroatoms. The van der Waals surface area contributed by atoms with Crippen LogP contribution in [0.15, 0.2) is 53.1 Å². The van der Waals surface area contributed by atoms with Crippen molar-refractivity contribution >= 4 is 24.3 Å². The zero-order chi connectivity index (χ0) is 20.2. The maximum atomic E-state index is 9.22. The Morgan fingerprint density at radius 3 is 2.86 bits per heavy atom. The number of pyridine rings is 2. The van der Waals surface area contributed by atoms with Crippen LogP contribution in [0.1, 0.15) is 36.0 Å². The molecule has 0 unspecified atom stereocenters. The maximum absolute atomic E-state index is 9.22. The Labute approximate surface area is 168 Å². The first-order valence-electron chi connectivity index (χ1n) is 9.41. The molecule has 0 bridgehead atoms. The molecule has 29 heavy (non-hydrogen) atoms. The molecule has 1 atom stereocenters. The molecule has 4 rings (SSSR count). The van der Waals surface area contributed by atoms with Gasteiger partial charge in [-0.1, -0.05) is 6.07 Å². The number of nitrogens with one attached hydrogen (secondary N) is 1. The van der Waals surface area contributed by atoms with Crippen molar-refractivity contribution in [1.82, 2.24) is 14.9 Å². The van der Waals surface area contributed by atoms with Crippen LogP contribution in [-0.2, 0) is 6.54 Å². The molecule has 3 aromatic heterocycles. The number of hydrogen-bond acceptors (Lipinski definition) is 8. The van der Waals surface area contributed by atoms with Gasteiger partial charge in [-0.3, -0.25) is 4.90 Å². The molecule has 4 heterocycles. The first-order chi connectivity index (χ1) is 14.1.